The van der Waals surface area contributed by atoms with E-state index in [1.807, 2.05) is 0 Å². The molecule has 5 nitrogen and oxygen atoms in total. The Balaban J connectivity index is 2.50. The van der Waals surface area contributed by atoms with E-state index >= 15 is 0 Å². The lowest BCUT2D eigenvalue weighted by molar-refractivity contribution is 0.425. The average molecular weight is 256 g/mol. The van der Waals surface area contributed by atoms with Gasteiger partial charge in [0.2, 0.25) is 0 Å². The number of nitrogens with one attached hydrogen (secondary N) is 1. The predicted octanol–water partition coefficient (Wildman–Crippen LogP) is 1.32. The molecule has 0 spiro atoms. The Labute approximate surface area is 87.3 Å². The van der Waals surface area contributed by atoms with Crippen LogP contribution < -0.4 is 5.43 Å². The van der Waals surface area contributed by atoms with Crippen molar-refractivity contribution < 1.29 is 4.52 Å². The van der Waals surface area contributed by atoms with E-state index in [2.05, 4.69) is 31.1 Å². The Morgan fingerprint density at radius 2 is 2.43 bits per heavy atom. The average Bonchev–Trinajstić information content (AvgIpc) is 2.67. The molecule has 2 rings (SSSR count). The first-order chi connectivity index (χ1) is 6.81. The van der Waals surface area contributed by atoms with Gasteiger partial charge in [-0.05, 0) is 0 Å². The number of halogens is 1. The second-order valence-electron chi connectivity index (χ2n) is 2.57. The topological polar surface area (TPSA) is 71.8 Å². The van der Waals surface area contributed by atoms with Crippen LogP contribution in [0.5, 0.6) is 0 Å². The fourth-order valence-corrected chi connectivity index (χ4v) is 1.23. The number of aromatic nitrogens is 3. The van der Waals surface area contributed by atoms with Crippen molar-refractivity contribution in [3.63, 3.8) is 0 Å². The summed E-state index contributed by atoms with van der Waals surface area (Å²) in [5.74, 6) is 0.754. The second kappa shape index (κ2) is 3.75. The predicted molar refractivity (Wildman–Crippen MR) is 53.0 cm³/mol. The molecule has 0 aliphatic rings. The van der Waals surface area contributed by atoms with Crippen molar-refractivity contribution in [1.82, 2.24) is 15.1 Å². The number of H-pyrrole nitrogens is 1. The van der Waals surface area contributed by atoms with Gasteiger partial charge >= 0.3 is 0 Å². The third kappa shape index (κ3) is 1.60. The van der Waals surface area contributed by atoms with Crippen molar-refractivity contribution in [3.8, 4) is 11.5 Å². The summed E-state index contributed by atoms with van der Waals surface area (Å²) in [6, 6.07) is 1.41. The Hall–Kier alpha value is -1.43. The first kappa shape index (κ1) is 9.14. The van der Waals surface area contributed by atoms with Crippen LogP contribution in [-0.2, 0) is 5.33 Å². The van der Waals surface area contributed by atoms with E-state index in [-0.39, 0.29) is 11.3 Å². The van der Waals surface area contributed by atoms with Gasteiger partial charge in [-0.2, -0.15) is 4.98 Å². The summed E-state index contributed by atoms with van der Waals surface area (Å²) in [4.78, 5) is 18.2. The summed E-state index contributed by atoms with van der Waals surface area (Å²) >= 11 is 3.19. The van der Waals surface area contributed by atoms with Crippen molar-refractivity contribution in [2.24, 2.45) is 0 Å². The summed E-state index contributed by atoms with van der Waals surface area (Å²) < 4.78 is 4.91. The zero-order valence-electron chi connectivity index (χ0n) is 7.03. The zero-order chi connectivity index (χ0) is 9.97. The number of pyridine rings is 1. The number of aromatic amines is 1. The highest BCUT2D eigenvalue weighted by atomic mass is 79.9. The minimum Gasteiger partial charge on any atom is -0.367 e. The fraction of sp³-hybridized carbons (Fsp3) is 0.125. The highest BCUT2D eigenvalue weighted by Gasteiger charge is 2.10. The zero-order valence-corrected chi connectivity index (χ0v) is 8.61. The lowest BCUT2D eigenvalue weighted by atomic mass is 10.3. The van der Waals surface area contributed by atoms with E-state index in [1.165, 1.54) is 12.3 Å². The molecular weight excluding hydrogens is 250 g/mol. The third-order valence-corrected chi connectivity index (χ3v) is 2.14. The number of rotatable bonds is 2. The van der Waals surface area contributed by atoms with E-state index in [4.69, 9.17) is 4.52 Å². The molecule has 0 radical (unpaired) electrons. The molecule has 0 saturated carbocycles. The van der Waals surface area contributed by atoms with Crippen LogP contribution in [0.3, 0.4) is 0 Å². The Kier molecular flexibility index (Phi) is 2.45. The molecule has 14 heavy (non-hydrogen) atoms. The molecule has 0 aromatic carbocycles. The van der Waals surface area contributed by atoms with Crippen LogP contribution in [0.15, 0.2) is 27.8 Å². The van der Waals surface area contributed by atoms with Crippen molar-refractivity contribution in [3.05, 3.63) is 34.5 Å². The number of hydrogen-bond acceptors (Lipinski definition) is 4. The van der Waals surface area contributed by atoms with Crippen LogP contribution in [0.1, 0.15) is 5.82 Å². The smallest absolute Gasteiger partial charge is 0.263 e. The lowest BCUT2D eigenvalue weighted by Crippen LogP contribution is -2.02. The molecule has 1 N–H and O–H groups in total. The van der Waals surface area contributed by atoms with Gasteiger partial charge in [0.1, 0.15) is 5.56 Å². The molecule has 0 amide bonds. The first-order valence-electron chi connectivity index (χ1n) is 3.87. The molecule has 2 aromatic rings. The maximum atomic E-state index is 11.4. The molecule has 0 saturated heterocycles. The molecule has 0 atom stereocenters. The Morgan fingerprint density at radius 1 is 1.57 bits per heavy atom. The van der Waals surface area contributed by atoms with Crippen LogP contribution in [0, 0.1) is 0 Å². The van der Waals surface area contributed by atoms with Crippen LogP contribution in [0.25, 0.3) is 11.5 Å². The standard InChI is InChI=1S/C8H6BrN3O2/c9-3-7-11-8(14-12-7)5-4-10-2-1-6(5)13/h1-2,4H,3H2,(H,10,13). The van der Waals surface area contributed by atoms with Crippen LogP contribution in [-0.4, -0.2) is 15.1 Å². The van der Waals surface area contributed by atoms with Gasteiger partial charge in [0.05, 0.1) is 5.33 Å². The summed E-state index contributed by atoms with van der Waals surface area (Å²) in [6.07, 6.45) is 3.08. The maximum absolute atomic E-state index is 11.4. The molecular formula is C8H6BrN3O2. The third-order valence-electron chi connectivity index (χ3n) is 1.64. The lowest BCUT2D eigenvalue weighted by Gasteiger charge is -1.89. The van der Waals surface area contributed by atoms with E-state index in [0.717, 1.165) is 0 Å². The quantitative estimate of drug-likeness (QED) is 0.822. The fourth-order valence-electron chi connectivity index (χ4n) is 1.00. The van der Waals surface area contributed by atoms with Gasteiger partial charge in [0.15, 0.2) is 11.3 Å². The van der Waals surface area contributed by atoms with E-state index < -0.39 is 0 Å². The van der Waals surface area contributed by atoms with Crippen LogP contribution >= 0.6 is 15.9 Å². The molecule has 0 aliphatic carbocycles. The van der Waals surface area contributed by atoms with Gasteiger partial charge in [-0.3, -0.25) is 4.79 Å². The van der Waals surface area contributed by atoms with E-state index in [1.54, 1.807) is 6.20 Å². The molecule has 0 fully saturated rings. The largest absolute Gasteiger partial charge is 0.367 e. The number of nitrogens with zero attached hydrogens (tertiary/aromatic N) is 2. The molecule has 2 aromatic heterocycles. The molecule has 0 aliphatic heterocycles. The van der Waals surface area contributed by atoms with Crippen LogP contribution in [0.2, 0.25) is 0 Å². The number of alkyl halides is 1. The minimum absolute atomic E-state index is 0.145. The Morgan fingerprint density at radius 3 is 3.07 bits per heavy atom. The van der Waals surface area contributed by atoms with Crippen molar-refractivity contribution in [2.75, 3.05) is 0 Å². The highest BCUT2D eigenvalue weighted by molar-refractivity contribution is 9.08. The summed E-state index contributed by atoms with van der Waals surface area (Å²) in [5, 5.41) is 4.17. The van der Waals surface area contributed by atoms with Gasteiger partial charge in [-0.25, -0.2) is 0 Å². The van der Waals surface area contributed by atoms with Gasteiger partial charge in [-0.1, -0.05) is 21.1 Å². The monoisotopic (exact) mass is 255 g/mol. The highest BCUT2D eigenvalue weighted by Crippen LogP contribution is 2.12. The van der Waals surface area contributed by atoms with Crippen molar-refractivity contribution in [1.29, 1.82) is 0 Å². The minimum atomic E-state index is -0.145. The maximum Gasteiger partial charge on any atom is 0.263 e. The second-order valence-corrected chi connectivity index (χ2v) is 3.13. The molecule has 0 unspecified atom stereocenters. The molecule has 6 heteroatoms. The van der Waals surface area contributed by atoms with Crippen molar-refractivity contribution in [2.45, 2.75) is 5.33 Å². The first-order valence-corrected chi connectivity index (χ1v) is 4.99. The van der Waals surface area contributed by atoms with E-state index in [0.29, 0.717) is 16.7 Å². The SMILES string of the molecule is O=c1cc[nH]cc1-c1nc(CBr)no1. The van der Waals surface area contributed by atoms with Crippen molar-refractivity contribution >= 4 is 15.9 Å². The van der Waals surface area contributed by atoms with Gasteiger partial charge in [0.25, 0.3) is 5.89 Å². The van der Waals surface area contributed by atoms with Gasteiger partial charge in [0, 0.05) is 18.5 Å². The van der Waals surface area contributed by atoms with E-state index in [9.17, 15) is 4.79 Å². The molecule has 0 bridgehead atoms. The molecule has 72 valence electrons. The van der Waals surface area contributed by atoms with Crippen LogP contribution in [0.4, 0.5) is 0 Å². The van der Waals surface area contributed by atoms with Gasteiger partial charge < -0.3 is 9.51 Å². The normalized spacial score (nSPS) is 10.4. The Bertz CT molecular complexity index is 491. The summed E-state index contributed by atoms with van der Waals surface area (Å²) in [7, 11) is 0. The summed E-state index contributed by atoms with van der Waals surface area (Å²) in [6.45, 7) is 0. The summed E-state index contributed by atoms with van der Waals surface area (Å²) in [5.41, 5.74) is 0.237. The number of hydrogen-bond donors (Lipinski definition) is 1. The van der Waals surface area contributed by atoms with Gasteiger partial charge in [-0.15, -0.1) is 0 Å². The molecule has 2 heterocycles.